The van der Waals surface area contributed by atoms with Gasteiger partial charge in [0.2, 0.25) is 0 Å². The first-order valence-electron chi connectivity index (χ1n) is 9.84. The van der Waals surface area contributed by atoms with Gasteiger partial charge in [0.15, 0.2) is 0 Å². The van der Waals surface area contributed by atoms with Gasteiger partial charge in [-0.2, -0.15) is 0 Å². The highest BCUT2D eigenvalue weighted by Crippen LogP contribution is 2.53. The third-order valence-electron chi connectivity index (χ3n) is 7.45. The van der Waals surface area contributed by atoms with Gasteiger partial charge < -0.3 is 0 Å². The van der Waals surface area contributed by atoms with Crippen molar-refractivity contribution in [2.45, 2.75) is 72.1 Å². The summed E-state index contributed by atoms with van der Waals surface area (Å²) in [5.74, 6) is 5.68. The topological polar surface area (TPSA) is 0 Å². The van der Waals surface area contributed by atoms with Crippen molar-refractivity contribution in [3.8, 4) is 0 Å². The van der Waals surface area contributed by atoms with Crippen molar-refractivity contribution in [3.63, 3.8) is 0 Å². The van der Waals surface area contributed by atoms with Crippen molar-refractivity contribution in [1.29, 1.82) is 0 Å². The van der Waals surface area contributed by atoms with E-state index in [-0.39, 0.29) is 0 Å². The summed E-state index contributed by atoms with van der Waals surface area (Å²) in [6.45, 7) is 16.5. The Morgan fingerprint density at radius 2 is 1.41 bits per heavy atom. The van der Waals surface area contributed by atoms with Crippen molar-refractivity contribution in [2.75, 3.05) is 0 Å². The molecule has 5 unspecified atom stereocenters. The number of fused-ring (bicyclic) bond motifs is 1. The van der Waals surface area contributed by atoms with Gasteiger partial charge in [0.25, 0.3) is 0 Å². The summed E-state index contributed by atoms with van der Waals surface area (Å²) in [4.78, 5) is 0. The molecule has 3 aliphatic carbocycles. The van der Waals surface area contributed by atoms with E-state index in [0.29, 0.717) is 5.92 Å². The molecule has 3 aliphatic rings. The molecule has 0 amide bonds. The maximum Gasteiger partial charge on any atom is -0.0135 e. The fourth-order valence-electron chi connectivity index (χ4n) is 5.71. The van der Waals surface area contributed by atoms with Crippen LogP contribution < -0.4 is 0 Å². The second-order valence-corrected chi connectivity index (χ2v) is 9.04. The quantitative estimate of drug-likeness (QED) is 0.502. The predicted octanol–water partition coefficient (Wildman–Crippen LogP) is 6.63. The van der Waals surface area contributed by atoms with Gasteiger partial charge >= 0.3 is 0 Å². The van der Waals surface area contributed by atoms with Crippen LogP contribution >= 0.6 is 0 Å². The van der Waals surface area contributed by atoms with E-state index >= 15 is 0 Å². The zero-order chi connectivity index (χ0) is 15.9. The monoisotopic (exact) mass is 300 g/mol. The summed E-state index contributed by atoms with van der Waals surface area (Å²) in [5, 5.41) is 0. The first-order valence-corrected chi connectivity index (χ1v) is 9.84. The normalized spacial score (nSPS) is 46.4. The van der Waals surface area contributed by atoms with Crippen LogP contribution in [0.3, 0.4) is 0 Å². The Balaban J connectivity index is 1.69. The lowest BCUT2D eigenvalue weighted by atomic mass is 9.56. The first kappa shape index (κ1) is 16.3. The second kappa shape index (κ2) is 6.54. The molecule has 0 heteroatoms. The van der Waals surface area contributed by atoms with Crippen LogP contribution in [-0.4, -0.2) is 0 Å². The van der Waals surface area contributed by atoms with E-state index in [9.17, 15) is 0 Å². The molecule has 0 aromatic carbocycles. The highest BCUT2D eigenvalue weighted by atomic mass is 14.5. The van der Waals surface area contributed by atoms with Crippen molar-refractivity contribution in [3.05, 3.63) is 24.3 Å². The molecule has 0 nitrogen and oxygen atoms in total. The fraction of sp³-hybridized carbons (Fsp3) is 0.818. The second-order valence-electron chi connectivity index (χ2n) is 9.04. The molecule has 0 N–H and O–H groups in total. The minimum atomic E-state index is 0.665. The highest BCUT2D eigenvalue weighted by molar-refractivity contribution is 5.26. The summed E-state index contributed by atoms with van der Waals surface area (Å²) < 4.78 is 0. The molecule has 5 atom stereocenters. The van der Waals surface area contributed by atoms with E-state index in [4.69, 9.17) is 0 Å². The zero-order valence-electron chi connectivity index (χ0n) is 15.1. The summed E-state index contributed by atoms with van der Waals surface area (Å²) in [6, 6.07) is 0. The molecule has 3 fully saturated rings. The fourth-order valence-corrected chi connectivity index (χ4v) is 5.71. The maximum atomic E-state index is 4.63. The molecule has 0 saturated heterocycles. The van der Waals surface area contributed by atoms with Gasteiger partial charge in [-0.25, -0.2) is 0 Å². The molecule has 0 heterocycles. The van der Waals surface area contributed by atoms with Gasteiger partial charge in [-0.05, 0) is 60.7 Å². The van der Waals surface area contributed by atoms with E-state index in [1.807, 2.05) is 0 Å². The molecule has 3 rings (SSSR count). The van der Waals surface area contributed by atoms with Gasteiger partial charge in [-0.1, -0.05) is 77.2 Å². The summed E-state index contributed by atoms with van der Waals surface area (Å²) >= 11 is 0. The van der Waals surface area contributed by atoms with Gasteiger partial charge in [0.1, 0.15) is 0 Å². The lowest BCUT2D eigenvalue weighted by Crippen LogP contribution is -2.39. The molecule has 124 valence electrons. The molecular formula is C22H36. The molecule has 0 radical (unpaired) electrons. The van der Waals surface area contributed by atoms with Crippen LogP contribution in [0.25, 0.3) is 0 Å². The predicted molar refractivity (Wildman–Crippen MR) is 96.7 cm³/mol. The Hall–Kier alpha value is -0.520. The average Bonchev–Trinajstić information content (AvgIpc) is 2.51. The summed E-state index contributed by atoms with van der Waals surface area (Å²) in [7, 11) is 0. The number of allylic oxidation sites excluding steroid dienone is 2. The van der Waals surface area contributed by atoms with Crippen molar-refractivity contribution >= 4 is 0 Å². The number of hydrogen-bond donors (Lipinski definition) is 0. The van der Waals surface area contributed by atoms with Crippen LogP contribution in [0.5, 0.6) is 0 Å². The molecule has 0 aromatic rings. The van der Waals surface area contributed by atoms with Crippen LogP contribution in [0.15, 0.2) is 24.3 Å². The smallest absolute Gasteiger partial charge is 0.0135 e. The van der Waals surface area contributed by atoms with Crippen LogP contribution in [0, 0.1) is 41.4 Å². The number of rotatable bonds is 2. The first-order chi connectivity index (χ1) is 10.5. The molecule has 3 saturated carbocycles. The Morgan fingerprint density at radius 3 is 2.09 bits per heavy atom. The average molecular weight is 301 g/mol. The maximum absolute atomic E-state index is 4.63. The Morgan fingerprint density at radius 1 is 0.773 bits per heavy atom. The van der Waals surface area contributed by atoms with E-state index in [2.05, 4.69) is 33.9 Å². The Bertz CT molecular complexity index is 423. The van der Waals surface area contributed by atoms with E-state index in [0.717, 1.165) is 35.5 Å². The lowest BCUT2D eigenvalue weighted by molar-refractivity contribution is 0.156. The van der Waals surface area contributed by atoms with Crippen LogP contribution in [0.1, 0.15) is 72.1 Å². The SMILES string of the molecule is C=C1C(C)C(CC2CCC(C)CC2)C(=C)C2CCC(C)CC12. The van der Waals surface area contributed by atoms with Crippen molar-refractivity contribution in [2.24, 2.45) is 41.4 Å². The largest absolute Gasteiger partial charge is 0.0993 e. The van der Waals surface area contributed by atoms with Crippen LogP contribution in [0.2, 0.25) is 0 Å². The zero-order valence-corrected chi connectivity index (χ0v) is 15.1. The van der Waals surface area contributed by atoms with Crippen molar-refractivity contribution in [1.82, 2.24) is 0 Å². The van der Waals surface area contributed by atoms with Crippen molar-refractivity contribution < 1.29 is 0 Å². The molecule has 0 aliphatic heterocycles. The van der Waals surface area contributed by atoms with E-state index in [1.165, 1.54) is 51.4 Å². The number of hydrogen-bond acceptors (Lipinski definition) is 0. The van der Waals surface area contributed by atoms with Gasteiger partial charge in [0, 0.05) is 0 Å². The third-order valence-corrected chi connectivity index (χ3v) is 7.45. The third kappa shape index (κ3) is 3.08. The minimum Gasteiger partial charge on any atom is -0.0993 e. The lowest BCUT2D eigenvalue weighted by Gasteiger charge is -2.48. The van der Waals surface area contributed by atoms with Gasteiger partial charge in [0.05, 0.1) is 0 Å². The molecule has 0 bridgehead atoms. The van der Waals surface area contributed by atoms with Crippen LogP contribution in [0.4, 0.5) is 0 Å². The van der Waals surface area contributed by atoms with E-state index < -0.39 is 0 Å². The summed E-state index contributed by atoms with van der Waals surface area (Å²) in [6.07, 6.45) is 11.3. The highest BCUT2D eigenvalue weighted by Gasteiger charge is 2.43. The van der Waals surface area contributed by atoms with Gasteiger partial charge in [-0.15, -0.1) is 0 Å². The Labute approximate surface area is 138 Å². The molecule has 0 spiro atoms. The Kier molecular flexibility index (Phi) is 4.86. The molecule has 22 heavy (non-hydrogen) atoms. The van der Waals surface area contributed by atoms with Gasteiger partial charge in [-0.3, -0.25) is 0 Å². The minimum absolute atomic E-state index is 0.665. The molecule has 0 aromatic heterocycles. The molecular weight excluding hydrogens is 264 g/mol. The van der Waals surface area contributed by atoms with E-state index in [1.54, 1.807) is 11.1 Å². The standard InChI is InChI=1S/C22H36/c1-14-6-9-19(10-7-14)13-21-16(3)17(4)22-12-15(2)8-11-20(22)18(21)5/h14-16,19-22H,4-13H2,1-3H3. The summed E-state index contributed by atoms with van der Waals surface area (Å²) in [5.41, 5.74) is 3.17. The van der Waals surface area contributed by atoms with Crippen LogP contribution in [-0.2, 0) is 0 Å².